The third-order valence-corrected chi connectivity index (χ3v) is 2.76. The van der Waals surface area contributed by atoms with Crippen LogP contribution in [0.5, 0.6) is 0 Å². The number of carbonyl (C=O) groups is 1. The largest absolute Gasteiger partial charge is 0.481 e. The van der Waals surface area contributed by atoms with Gasteiger partial charge in [0.15, 0.2) is 5.82 Å². The lowest BCUT2D eigenvalue weighted by atomic mass is 10.3. The molecule has 0 atom stereocenters. The zero-order valence-electron chi connectivity index (χ0n) is 9.95. The third kappa shape index (κ3) is 2.05. The second kappa shape index (κ2) is 4.52. The Bertz CT molecular complexity index is 752. The minimum atomic E-state index is -0.856. The highest BCUT2D eigenvalue weighted by molar-refractivity contribution is 5.82. The molecule has 0 fully saturated rings. The summed E-state index contributed by atoms with van der Waals surface area (Å²) in [5, 5.41) is 19.5. The number of aromatic nitrogens is 4. The number of rotatable bonds is 4. The lowest BCUT2D eigenvalue weighted by Crippen LogP contribution is -2.10. The molecule has 2 aromatic heterocycles. The van der Waals surface area contributed by atoms with E-state index >= 15 is 0 Å². The summed E-state index contributed by atoms with van der Waals surface area (Å²) < 4.78 is 1.82. The van der Waals surface area contributed by atoms with E-state index in [-0.39, 0.29) is 6.42 Å². The van der Waals surface area contributed by atoms with E-state index in [1.54, 1.807) is 6.33 Å². The molecule has 7 heteroatoms. The monoisotopic (exact) mass is 257 g/mol. The first kappa shape index (κ1) is 11.4. The Morgan fingerprint density at radius 1 is 1.37 bits per heavy atom. The van der Waals surface area contributed by atoms with Gasteiger partial charge in [0.2, 0.25) is 5.65 Å². The van der Waals surface area contributed by atoms with Crippen LogP contribution in [0.2, 0.25) is 0 Å². The highest BCUT2D eigenvalue weighted by atomic mass is 16.4. The van der Waals surface area contributed by atoms with Crippen LogP contribution in [0.1, 0.15) is 6.42 Å². The molecule has 0 aliphatic rings. The van der Waals surface area contributed by atoms with Crippen molar-refractivity contribution in [2.75, 3.05) is 11.9 Å². The van der Waals surface area contributed by atoms with Gasteiger partial charge in [-0.2, -0.15) is 0 Å². The molecular formula is C12H11N5O2. The van der Waals surface area contributed by atoms with E-state index in [9.17, 15) is 4.79 Å². The van der Waals surface area contributed by atoms with Crippen molar-refractivity contribution in [3.63, 3.8) is 0 Å². The summed E-state index contributed by atoms with van der Waals surface area (Å²) >= 11 is 0. The van der Waals surface area contributed by atoms with Crippen LogP contribution < -0.4 is 5.32 Å². The van der Waals surface area contributed by atoms with E-state index < -0.39 is 5.97 Å². The summed E-state index contributed by atoms with van der Waals surface area (Å²) in [5.41, 5.74) is 2.29. The van der Waals surface area contributed by atoms with Crippen molar-refractivity contribution in [1.29, 1.82) is 0 Å². The average molecular weight is 257 g/mol. The number of nitrogens with zero attached hydrogens (tertiary/aromatic N) is 4. The molecule has 0 aliphatic carbocycles. The maximum Gasteiger partial charge on any atom is 0.305 e. The smallest absolute Gasteiger partial charge is 0.305 e. The van der Waals surface area contributed by atoms with E-state index in [2.05, 4.69) is 20.5 Å². The van der Waals surface area contributed by atoms with Crippen molar-refractivity contribution >= 4 is 28.5 Å². The lowest BCUT2D eigenvalue weighted by Gasteiger charge is -2.07. The van der Waals surface area contributed by atoms with Gasteiger partial charge in [-0.1, -0.05) is 12.1 Å². The second-order valence-electron chi connectivity index (χ2n) is 4.04. The number of para-hydroxylation sites is 2. The molecule has 0 aliphatic heterocycles. The molecule has 19 heavy (non-hydrogen) atoms. The quantitative estimate of drug-likeness (QED) is 0.728. The fourth-order valence-electron chi connectivity index (χ4n) is 1.91. The van der Waals surface area contributed by atoms with Crippen LogP contribution in [-0.4, -0.2) is 37.2 Å². The number of aliphatic carboxylic acids is 1. The Labute approximate surface area is 107 Å². The van der Waals surface area contributed by atoms with E-state index in [0.29, 0.717) is 18.0 Å². The predicted molar refractivity (Wildman–Crippen MR) is 69.0 cm³/mol. The van der Waals surface area contributed by atoms with Crippen LogP contribution in [0.15, 0.2) is 30.6 Å². The van der Waals surface area contributed by atoms with Crippen molar-refractivity contribution < 1.29 is 9.90 Å². The molecule has 0 saturated carbocycles. The Hall–Kier alpha value is -2.70. The molecule has 96 valence electrons. The number of carboxylic acid groups (broad SMARTS) is 1. The standard InChI is InChI=1S/C12H11N5O2/c18-10(19)5-6-13-11-12-16-14-7-17(12)9-4-2-1-3-8(9)15-11/h1-4,7H,5-6H2,(H,13,15)(H,18,19). The highest BCUT2D eigenvalue weighted by Crippen LogP contribution is 2.19. The normalized spacial score (nSPS) is 10.9. The number of hydrogen-bond donors (Lipinski definition) is 2. The number of anilines is 1. The molecule has 0 bridgehead atoms. The molecule has 2 heterocycles. The molecule has 1 aromatic carbocycles. The maximum atomic E-state index is 10.5. The van der Waals surface area contributed by atoms with Crippen molar-refractivity contribution in [1.82, 2.24) is 19.6 Å². The van der Waals surface area contributed by atoms with Crippen molar-refractivity contribution in [2.24, 2.45) is 0 Å². The number of carboxylic acids is 1. The number of nitrogens with one attached hydrogen (secondary N) is 1. The summed E-state index contributed by atoms with van der Waals surface area (Å²) in [6.45, 7) is 0.295. The highest BCUT2D eigenvalue weighted by Gasteiger charge is 2.09. The van der Waals surface area contributed by atoms with E-state index in [4.69, 9.17) is 5.11 Å². The van der Waals surface area contributed by atoms with Crippen molar-refractivity contribution in [3.8, 4) is 0 Å². The Balaban J connectivity index is 2.06. The third-order valence-electron chi connectivity index (χ3n) is 2.76. The first-order valence-electron chi connectivity index (χ1n) is 5.80. The second-order valence-corrected chi connectivity index (χ2v) is 4.04. The van der Waals surface area contributed by atoms with Gasteiger partial charge in [-0.25, -0.2) is 4.98 Å². The van der Waals surface area contributed by atoms with Crippen LogP contribution in [-0.2, 0) is 4.79 Å². The fraction of sp³-hybridized carbons (Fsp3) is 0.167. The molecular weight excluding hydrogens is 246 g/mol. The zero-order valence-corrected chi connectivity index (χ0v) is 9.95. The van der Waals surface area contributed by atoms with E-state index in [1.807, 2.05) is 28.7 Å². The Morgan fingerprint density at radius 2 is 2.21 bits per heavy atom. The maximum absolute atomic E-state index is 10.5. The Morgan fingerprint density at radius 3 is 3.05 bits per heavy atom. The summed E-state index contributed by atoms with van der Waals surface area (Å²) in [5.74, 6) is -0.316. The molecule has 3 rings (SSSR count). The molecule has 7 nitrogen and oxygen atoms in total. The van der Waals surface area contributed by atoms with Crippen LogP contribution >= 0.6 is 0 Å². The van der Waals surface area contributed by atoms with Gasteiger partial charge in [-0.05, 0) is 12.1 Å². The SMILES string of the molecule is O=C(O)CCNc1nc2ccccc2n2cnnc12. The van der Waals surface area contributed by atoms with Crippen LogP contribution in [0.3, 0.4) is 0 Å². The van der Waals surface area contributed by atoms with E-state index in [0.717, 1.165) is 11.0 Å². The molecule has 3 aromatic rings. The minimum Gasteiger partial charge on any atom is -0.481 e. The molecule has 0 radical (unpaired) electrons. The Kier molecular flexibility index (Phi) is 2.71. The number of hydrogen-bond acceptors (Lipinski definition) is 5. The van der Waals surface area contributed by atoms with Gasteiger partial charge in [0.25, 0.3) is 0 Å². The molecule has 0 spiro atoms. The minimum absolute atomic E-state index is 0.0226. The zero-order chi connectivity index (χ0) is 13.2. The molecule has 2 N–H and O–H groups in total. The van der Waals surface area contributed by atoms with Crippen LogP contribution in [0, 0.1) is 0 Å². The van der Waals surface area contributed by atoms with Gasteiger partial charge in [-0.15, -0.1) is 10.2 Å². The molecule has 0 saturated heterocycles. The lowest BCUT2D eigenvalue weighted by molar-refractivity contribution is -0.136. The molecule has 0 unspecified atom stereocenters. The van der Waals surface area contributed by atoms with Crippen molar-refractivity contribution in [2.45, 2.75) is 6.42 Å². The van der Waals surface area contributed by atoms with Gasteiger partial charge in [-0.3, -0.25) is 9.20 Å². The average Bonchev–Trinajstić information content (AvgIpc) is 2.88. The fourth-order valence-corrected chi connectivity index (χ4v) is 1.91. The van der Waals surface area contributed by atoms with Crippen LogP contribution in [0.25, 0.3) is 16.7 Å². The van der Waals surface area contributed by atoms with Gasteiger partial charge in [0.1, 0.15) is 6.33 Å². The summed E-state index contributed by atoms with van der Waals surface area (Å²) in [6, 6.07) is 7.63. The summed E-state index contributed by atoms with van der Waals surface area (Å²) in [6.07, 6.45) is 1.64. The first-order chi connectivity index (χ1) is 9.25. The topological polar surface area (TPSA) is 92.4 Å². The van der Waals surface area contributed by atoms with Crippen LogP contribution in [0.4, 0.5) is 5.82 Å². The number of fused-ring (bicyclic) bond motifs is 3. The molecule has 0 amide bonds. The summed E-state index contributed by atoms with van der Waals surface area (Å²) in [4.78, 5) is 15.0. The van der Waals surface area contributed by atoms with Gasteiger partial charge in [0, 0.05) is 6.54 Å². The predicted octanol–water partition coefficient (Wildman–Crippen LogP) is 1.16. The van der Waals surface area contributed by atoms with Gasteiger partial charge >= 0.3 is 5.97 Å². The van der Waals surface area contributed by atoms with Crippen molar-refractivity contribution in [3.05, 3.63) is 30.6 Å². The van der Waals surface area contributed by atoms with E-state index in [1.165, 1.54) is 0 Å². The number of benzene rings is 1. The van der Waals surface area contributed by atoms with Gasteiger partial charge in [0.05, 0.1) is 17.5 Å². The van der Waals surface area contributed by atoms with Gasteiger partial charge < -0.3 is 10.4 Å². The first-order valence-corrected chi connectivity index (χ1v) is 5.80. The summed E-state index contributed by atoms with van der Waals surface area (Å²) in [7, 11) is 0.